The molecule has 0 aliphatic carbocycles. The fourth-order valence-corrected chi connectivity index (χ4v) is 3.09. The van der Waals surface area contributed by atoms with E-state index in [2.05, 4.69) is 17.4 Å². The van der Waals surface area contributed by atoms with Crippen molar-refractivity contribution in [3.63, 3.8) is 0 Å². The van der Waals surface area contributed by atoms with E-state index in [9.17, 15) is 4.79 Å². The molecular formula is C22H23NO2. The highest BCUT2D eigenvalue weighted by Crippen LogP contribution is 2.26. The number of benzene rings is 3. The second kappa shape index (κ2) is 6.98. The molecule has 0 radical (unpaired) electrons. The highest BCUT2D eigenvalue weighted by atomic mass is 16.5. The molecule has 0 saturated carbocycles. The lowest BCUT2D eigenvalue weighted by molar-refractivity contribution is -0.117. The Morgan fingerprint density at radius 1 is 0.920 bits per heavy atom. The van der Waals surface area contributed by atoms with Crippen LogP contribution in [0.1, 0.15) is 29.5 Å². The average Bonchev–Trinajstić information content (AvgIpc) is 2.59. The Morgan fingerprint density at radius 2 is 1.56 bits per heavy atom. The van der Waals surface area contributed by atoms with E-state index in [1.807, 2.05) is 63.2 Å². The summed E-state index contributed by atoms with van der Waals surface area (Å²) in [7, 11) is 1.66. The number of hydrogen-bond acceptors (Lipinski definition) is 2. The maximum absolute atomic E-state index is 12.6. The number of amides is 1. The van der Waals surface area contributed by atoms with Crippen LogP contribution in [0.2, 0.25) is 0 Å². The van der Waals surface area contributed by atoms with Gasteiger partial charge in [-0.3, -0.25) is 4.79 Å². The van der Waals surface area contributed by atoms with E-state index in [1.54, 1.807) is 7.11 Å². The Hall–Kier alpha value is -2.81. The first-order chi connectivity index (χ1) is 12.0. The molecule has 0 aliphatic rings. The van der Waals surface area contributed by atoms with Crippen molar-refractivity contribution in [3.05, 3.63) is 71.3 Å². The molecule has 0 fully saturated rings. The summed E-state index contributed by atoms with van der Waals surface area (Å²) in [5.74, 6) is 0.603. The Labute approximate surface area is 148 Å². The van der Waals surface area contributed by atoms with Crippen molar-refractivity contribution in [1.29, 1.82) is 0 Å². The Balaban J connectivity index is 1.82. The predicted molar refractivity (Wildman–Crippen MR) is 103 cm³/mol. The lowest BCUT2D eigenvalue weighted by Gasteiger charge is -2.14. The number of anilines is 1. The van der Waals surface area contributed by atoms with Gasteiger partial charge >= 0.3 is 0 Å². The van der Waals surface area contributed by atoms with Crippen molar-refractivity contribution >= 4 is 22.4 Å². The van der Waals surface area contributed by atoms with Crippen LogP contribution in [0, 0.1) is 13.8 Å². The first-order valence-corrected chi connectivity index (χ1v) is 8.43. The summed E-state index contributed by atoms with van der Waals surface area (Å²) >= 11 is 0. The number of aryl methyl sites for hydroxylation is 2. The maximum Gasteiger partial charge on any atom is 0.231 e. The van der Waals surface area contributed by atoms with Crippen LogP contribution in [0.5, 0.6) is 5.75 Å². The molecule has 128 valence electrons. The number of ether oxygens (including phenoxy) is 1. The minimum Gasteiger partial charge on any atom is -0.497 e. The molecule has 1 atom stereocenters. The van der Waals surface area contributed by atoms with Gasteiger partial charge in [0.25, 0.3) is 0 Å². The zero-order valence-electron chi connectivity index (χ0n) is 15.1. The molecule has 3 aromatic rings. The van der Waals surface area contributed by atoms with E-state index in [1.165, 1.54) is 0 Å². The van der Waals surface area contributed by atoms with E-state index in [0.717, 1.165) is 38.9 Å². The summed E-state index contributed by atoms with van der Waals surface area (Å²) in [5, 5.41) is 5.23. The molecule has 0 saturated heterocycles. The summed E-state index contributed by atoms with van der Waals surface area (Å²) in [6.45, 7) is 6.00. The third kappa shape index (κ3) is 3.82. The van der Waals surface area contributed by atoms with Crippen molar-refractivity contribution in [2.45, 2.75) is 26.7 Å². The van der Waals surface area contributed by atoms with Gasteiger partial charge in [-0.15, -0.1) is 0 Å². The zero-order valence-corrected chi connectivity index (χ0v) is 15.1. The molecule has 1 amide bonds. The number of rotatable bonds is 4. The molecule has 3 heteroatoms. The number of nitrogens with one attached hydrogen (secondary N) is 1. The highest BCUT2D eigenvalue weighted by Gasteiger charge is 2.16. The van der Waals surface area contributed by atoms with Gasteiger partial charge in [-0.1, -0.05) is 30.3 Å². The van der Waals surface area contributed by atoms with Crippen molar-refractivity contribution in [3.8, 4) is 5.75 Å². The average molecular weight is 333 g/mol. The van der Waals surface area contributed by atoms with Gasteiger partial charge in [-0.25, -0.2) is 0 Å². The second-order valence-electron chi connectivity index (χ2n) is 6.56. The van der Waals surface area contributed by atoms with Crippen LogP contribution in [0.3, 0.4) is 0 Å². The molecule has 3 aromatic carbocycles. The number of carbonyl (C=O) groups excluding carboxylic acids is 1. The van der Waals surface area contributed by atoms with E-state index < -0.39 is 0 Å². The molecule has 0 unspecified atom stereocenters. The minimum atomic E-state index is -0.229. The first-order valence-electron chi connectivity index (χ1n) is 8.43. The van der Waals surface area contributed by atoms with Gasteiger partial charge in [-0.2, -0.15) is 0 Å². The number of hydrogen-bond donors (Lipinski definition) is 1. The Bertz CT molecular complexity index is 910. The Kier molecular flexibility index (Phi) is 4.75. The van der Waals surface area contributed by atoms with E-state index in [4.69, 9.17) is 4.74 Å². The van der Waals surface area contributed by atoms with Gasteiger partial charge in [0.15, 0.2) is 0 Å². The van der Waals surface area contributed by atoms with Gasteiger partial charge in [0, 0.05) is 5.69 Å². The van der Waals surface area contributed by atoms with Crippen LogP contribution >= 0.6 is 0 Å². The predicted octanol–water partition coefficient (Wildman–Crippen LogP) is 5.21. The summed E-state index contributed by atoms with van der Waals surface area (Å²) in [6, 6.07) is 18.1. The quantitative estimate of drug-likeness (QED) is 0.712. The topological polar surface area (TPSA) is 38.3 Å². The standard InChI is InChI=1S/C22H23NO2/c1-14-9-15(2)11-20(10-14)23-22(24)16(3)17-5-6-19-13-21(25-4)8-7-18(19)12-17/h5-13,16H,1-4H3,(H,23,24)/t16-/m0/s1. The molecule has 25 heavy (non-hydrogen) atoms. The molecule has 3 nitrogen and oxygen atoms in total. The molecule has 3 rings (SSSR count). The van der Waals surface area contributed by atoms with E-state index in [-0.39, 0.29) is 11.8 Å². The first kappa shape index (κ1) is 17.0. The van der Waals surface area contributed by atoms with Crippen molar-refractivity contribution < 1.29 is 9.53 Å². The summed E-state index contributed by atoms with van der Waals surface area (Å²) in [5.41, 5.74) is 4.13. The SMILES string of the molecule is COc1ccc2cc([C@H](C)C(=O)Nc3cc(C)cc(C)c3)ccc2c1. The summed E-state index contributed by atoms with van der Waals surface area (Å²) < 4.78 is 5.26. The minimum absolute atomic E-state index is 0.00198. The number of methoxy groups -OCH3 is 1. The van der Waals surface area contributed by atoms with Gasteiger partial charge in [0.2, 0.25) is 5.91 Å². The van der Waals surface area contributed by atoms with Crippen LogP contribution in [-0.4, -0.2) is 13.0 Å². The van der Waals surface area contributed by atoms with Crippen LogP contribution < -0.4 is 10.1 Å². The summed E-state index contributed by atoms with van der Waals surface area (Å²) in [6.07, 6.45) is 0. The molecule has 0 heterocycles. The highest BCUT2D eigenvalue weighted by molar-refractivity contribution is 5.96. The normalized spacial score (nSPS) is 12.0. The number of fused-ring (bicyclic) bond motifs is 1. The third-order valence-corrected chi connectivity index (χ3v) is 4.45. The monoisotopic (exact) mass is 333 g/mol. The van der Waals surface area contributed by atoms with Crippen molar-refractivity contribution in [1.82, 2.24) is 0 Å². The zero-order chi connectivity index (χ0) is 18.0. The molecule has 0 aromatic heterocycles. The van der Waals surface area contributed by atoms with E-state index in [0.29, 0.717) is 0 Å². The molecule has 0 aliphatic heterocycles. The number of carbonyl (C=O) groups is 1. The summed E-state index contributed by atoms with van der Waals surface area (Å²) in [4.78, 5) is 12.6. The van der Waals surface area contributed by atoms with Gasteiger partial charge in [0.1, 0.15) is 5.75 Å². The fourth-order valence-electron chi connectivity index (χ4n) is 3.09. The second-order valence-corrected chi connectivity index (χ2v) is 6.56. The van der Waals surface area contributed by atoms with Gasteiger partial charge < -0.3 is 10.1 Å². The maximum atomic E-state index is 12.6. The third-order valence-electron chi connectivity index (χ3n) is 4.45. The van der Waals surface area contributed by atoms with Crippen LogP contribution in [-0.2, 0) is 4.79 Å². The Morgan fingerprint density at radius 3 is 2.24 bits per heavy atom. The van der Waals surface area contributed by atoms with Crippen LogP contribution in [0.15, 0.2) is 54.6 Å². The van der Waals surface area contributed by atoms with Crippen molar-refractivity contribution in [2.24, 2.45) is 0 Å². The molecular weight excluding hydrogens is 310 g/mol. The lowest BCUT2D eigenvalue weighted by Crippen LogP contribution is -2.19. The molecule has 1 N–H and O–H groups in total. The van der Waals surface area contributed by atoms with Crippen LogP contribution in [0.25, 0.3) is 10.8 Å². The molecule has 0 bridgehead atoms. The largest absolute Gasteiger partial charge is 0.497 e. The van der Waals surface area contributed by atoms with Crippen LogP contribution in [0.4, 0.5) is 5.69 Å². The smallest absolute Gasteiger partial charge is 0.231 e. The van der Waals surface area contributed by atoms with Gasteiger partial charge in [0.05, 0.1) is 13.0 Å². The van der Waals surface area contributed by atoms with E-state index >= 15 is 0 Å². The van der Waals surface area contributed by atoms with Crippen molar-refractivity contribution in [2.75, 3.05) is 12.4 Å². The fraction of sp³-hybridized carbons (Fsp3) is 0.227. The molecule has 0 spiro atoms. The lowest BCUT2D eigenvalue weighted by atomic mass is 9.97. The van der Waals surface area contributed by atoms with Gasteiger partial charge in [-0.05, 0) is 72.5 Å².